The number of halogens is 2. The number of ether oxygens (including phenoxy) is 2. The number of carbonyl (C=O) groups is 3. The minimum Gasteiger partial charge on any atom is -0.496 e. The summed E-state index contributed by atoms with van der Waals surface area (Å²) < 4.78 is 24.1. The molecule has 0 aromatic heterocycles. The normalized spacial score (nSPS) is 10.5. The summed E-state index contributed by atoms with van der Waals surface area (Å²) in [4.78, 5) is 35.9. The molecule has 0 aliphatic heterocycles. The van der Waals surface area contributed by atoms with Gasteiger partial charge in [-0.2, -0.15) is 0 Å². The maximum Gasteiger partial charge on any atom is 0.375 e. The molecule has 28 heavy (non-hydrogen) atoms. The van der Waals surface area contributed by atoms with E-state index >= 15 is 0 Å². The number of aryl methyl sites for hydroxylation is 1. The molecule has 7 heteroatoms. The Hall–Kier alpha value is -2.73. The molecule has 2 rings (SSSR count). The summed E-state index contributed by atoms with van der Waals surface area (Å²) in [5.41, 5.74) is 1.98. The van der Waals surface area contributed by atoms with E-state index in [2.05, 4.69) is 4.74 Å². The van der Waals surface area contributed by atoms with Gasteiger partial charge >= 0.3 is 5.97 Å². The molecule has 0 atom stereocenters. The fourth-order valence-corrected chi connectivity index (χ4v) is 2.91. The van der Waals surface area contributed by atoms with Gasteiger partial charge in [-0.15, -0.1) is 0 Å². The zero-order chi connectivity index (χ0) is 20.8. The first-order valence-electron chi connectivity index (χ1n) is 8.62. The van der Waals surface area contributed by atoms with Crippen LogP contribution < -0.4 is 4.74 Å². The van der Waals surface area contributed by atoms with Gasteiger partial charge in [-0.1, -0.05) is 23.7 Å². The number of methoxy groups -OCH3 is 1. The van der Waals surface area contributed by atoms with Crippen LogP contribution >= 0.6 is 11.6 Å². The van der Waals surface area contributed by atoms with Gasteiger partial charge in [0.15, 0.2) is 5.78 Å². The topological polar surface area (TPSA) is 69.7 Å². The van der Waals surface area contributed by atoms with E-state index in [1.807, 2.05) is 0 Å². The molecule has 0 spiro atoms. The van der Waals surface area contributed by atoms with Crippen LogP contribution in [0.15, 0.2) is 30.3 Å². The van der Waals surface area contributed by atoms with Crippen molar-refractivity contribution in [3.8, 4) is 5.75 Å². The van der Waals surface area contributed by atoms with Crippen molar-refractivity contribution in [2.45, 2.75) is 26.7 Å². The van der Waals surface area contributed by atoms with Gasteiger partial charge in [-0.25, -0.2) is 9.18 Å². The largest absolute Gasteiger partial charge is 0.496 e. The van der Waals surface area contributed by atoms with E-state index in [9.17, 15) is 18.8 Å². The molecule has 0 bridgehead atoms. The lowest BCUT2D eigenvalue weighted by Gasteiger charge is -2.14. The molecule has 0 unspecified atom stereocenters. The lowest BCUT2D eigenvalue weighted by Crippen LogP contribution is -2.21. The average molecular weight is 407 g/mol. The molecule has 0 saturated heterocycles. The second-order valence-electron chi connectivity index (χ2n) is 6.11. The Kier molecular flexibility index (Phi) is 7.29. The first kappa shape index (κ1) is 21.6. The molecular formula is C21H20ClFO5. The predicted molar refractivity (Wildman–Crippen MR) is 103 cm³/mol. The number of ketones is 2. The van der Waals surface area contributed by atoms with Crippen LogP contribution in [0.4, 0.5) is 4.39 Å². The molecule has 2 aromatic carbocycles. The molecule has 0 amide bonds. The summed E-state index contributed by atoms with van der Waals surface area (Å²) in [5, 5.41) is 0.0139. The number of Topliss-reactive ketones (excluding diaryl/α,β-unsaturated/α-hetero) is 2. The number of benzene rings is 2. The lowest BCUT2D eigenvalue weighted by molar-refractivity contribution is -0.153. The van der Waals surface area contributed by atoms with Gasteiger partial charge in [0.1, 0.15) is 11.6 Å². The number of hydrogen-bond donors (Lipinski definition) is 0. The summed E-state index contributed by atoms with van der Waals surface area (Å²) in [6, 6.07) is 7.90. The zero-order valence-corrected chi connectivity index (χ0v) is 16.6. The van der Waals surface area contributed by atoms with Crippen molar-refractivity contribution < 1.29 is 28.2 Å². The Morgan fingerprint density at radius 3 is 2.50 bits per heavy atom. The Morgan fingerprint density at radius 1 is 1.14 bits per heavy atom. The van der Waals surface area contributed by atoms with E-state index in [1.54, 1.807) is 38.1 Å². The second kappa shape index (κ2) is 9.46. The quantitative estimate of drug-likeness (QED) is 0.286. The van der Waals surface area contributed by atoms with E-state index < -0.39 is 29.8 Å². The number of carbonyl (C=O) groups excluding carboxylic acids is 3. The van der Waals surface area contributed by atoms with Crippen molar-refractivity contribution in [2.24, 2.45) is 0 Å². The molecule has 148 valence electrons. The Balaban J connectivity index is 2.35. The van der Waals surface area contributed by atoms with Crippen LogP contribution in [0.5, 0.6) is 5.75 Å². The molecule has 0 aliphatic carbocycles. The molecule has 0 fully saturated rings. The number of hydrogen-bond acceptors (Lipinski definition) is 5. The molecule has 0 aliphatic rings. The number of rotatable bonds is 8. The van der Waals surface area contributed by atoms with Crippen molar-refractivity contribution >= 4 is 29.1 Å². The summed E-state index contributed by atoms with van der Waals surface area (Å²) >= 11 is 5.83. The fourth-order valence-electron chi connectivity index (χ4n) is 2.72. The van der Waals surface area contributed by atoms with Crippen LogP contribution in [0.2, 0.25) is 5.02 Å². The van der Waals surface area contributed by atoms with Gasteiger partial charge in [0.2, 0.25) is 5.78 Å². The fraction of sp³-hybridized carbons (Fsp3) is 0.286. The van der Waals surface area contributed by atoms with E-state index in [-0.39, 0.29) is 29.4 Å². The van der Waals surface area contributed by atoms with Gasteiger partial charge in [0.25, 0.3) is 0 Å². The zero-order valence-electron chi connectivity index (χ0n) is 15.8. The summed E-state index contributed by atoms with van der Waals surface area (Å²) in [6.07, 6.45) is -0.433. The van der Waals surface area contributed by atoms with Crippen LogP contribution in [0.25, 0.3) is 0 Å². The lowest BCUT2D eigenvalue weighted by atomic mass is 9.94. The van der Waals surface area contributed by atoms with E-state index in [0.29, 0.717) is 11.1 Å². The van der Waals surface area contributed by atoms with Crippen molar-refractivity contribution in [1.29, 1.82) is 0 Å². The van der Waals surface area contributed by atoms with E-state index in [1.165, 1.54) is 13.2 Å². The second-order valence-corrected chi connectivity index (χ2v) is 6.52. The Labute approximate surface area is 167 Å². The van der Waals surface area contributed by atoms with E-state index in [4.69, 9.17) is 16.3 Å². The predicted octanol–water partition coefficient (Wildman–Crippen LogP) is 4.09. The van der Waals surface area contributed by atoms with Gasteiger partial charge in [-0.3, -0.25) is 9.59 Å². The molecule has 5 nitrogen and oxygen atoms in total. The van der Waals surface area contributed by atoms with Crippen LogP contribution in [0.3, 0.4) is 0 Å². The van der Waals surface area contributed by atoms with Crippen molar-refractivity contribution in [1.82, 2.24) is 0 Å². The molecule has 0 saturated carbocycles. The summed E-state index contributed by atoms with van der Waals surface area (Å²) in [7, 11) is 1.40. The first-order chi connectivity index (χ1) is 13.3. The highest BCUT2D eigenvalue weighted by atomic mass is 35.5. The maximum atomic E-state index is 14.2. The maximum absolute atomic E-state index is 14.2. The van der Waals surface area contributed by atoms with Crippen molar-refractivity contribution in [3.63, 3.8) is 0 Å². The molecule has 2 aromatic rings. The molecule has 0 N–H and O–H groups in total. The highest BCUT2D eigenvalue weighted by Crippen LogP contribution is 2.28. The molecule has 0 heterocycles. The number of esters is 1. The van der Waals surface area contributed by atoms with Crippen LogP contribution in [-0.4, -0.2) is 31.3 Å². The van der Waals surface area contributed by atoms with Gasteiger partial charge in [0.05, 0.1) is 30.7 Å². The summed E-state index contributed by atoms with van der Waals surface area (Å²) in [6.45, 7) is 3.41. The monoisotopic (exact) mass is 406 g/mol. The average Bonchev–Trinajstić information content (AvgIpc) is 2.66. The van der Waals surface area contributed by atoms with Crippen molar-refractivity contribution in [2.75, 3.05) is 13.7 Å². The third kappa shape index (κ3) is 4.95. The minimum atomic E-state index is -1.05. The molecule has 0 radical (unpaired) electrons. The Bertz CT molecular complexity index is 923. The highest BCUT2D eigenvalue weighted by molar-refractivity contribution is 6.38. The third-order valence-corrected chi connectivity index (χ3v) is 4.49. The van der Waals surface area contributed by atoms with E-state index in [0.717, 1.165) is 5.56 Å². The van der Waals surface area contributed by atoms with Crippen LogP contribution in [0.1, 0.15) is 40.4 Å². The highest BCUT2D eigenvalue weighted by Gasteiger charge is 2.23. The SMILES string of the molecule is CCOC(=O)C(=O)CC(=O)c1cc(Cc2cccc(Cl)c2F)c(C)cc1OC. The van der Waals surface area contributed by atoms with Crippen LogP contribution in [-0.2, 0) is 20.7 Å². The minimum absolute atomic E-state index is 0.0139. The van der Waals surface area contributed by atoms with Gasteiger partial charge in [0, 0.05) is 6.42 Å². The van der Waals surface area contributed by atoms with Gasteiger partial charge in [-0.05, 0) is 48.7 Å². The third-order valence-electron chi connectivity index (χ3n) is 4.20. The van der Waals surface area contributed by atoms with Crippen molar-refractivity contribution in [3.05, 3.63) is 63.4 Å². The standard InChI is InChI=1S/C21H20ClFO5/c1-4-28-21(26)18(25)11-17(24)15-10-14(12(2)8-19(15)27-3)9-13-6-5-7-16(22)20(13)23/h5-8,10H,4,9,11H2,1-3H3. The smallest absolute Gasteiger partial charge is 0.375 e. The van der Waals surface area contributed by atoms with Gasteiger partial charge < -0.3 is 9.47 Å². The summed E-state index contributed by atoms with van der Waals surface area (Å²) in [5.74, 6) is -2.82. The Morgan fingerprint density at radius 2 is 1.86 bits per heavy atom. The van der Waals surface area contributed by atoms with Crippen LogP contribution in [0, 0.1) is 12.7 Å². The molecular weight excluding hydrogens is 387 g/mol. The first-order valence-corrected chi connectivity index (χ1v) is 8.99.